The van der Waals surface area contributed by atoms with Gasteiger partial charge in [-0.25, -0.2) is 0 Å². The third kappa shape index (κ3) is 2.46. The Hall–Kier alpha value is -0.643. The predicted octanol–water partition coefficient (Wildman–Crippen LogP) is 0.0170. The second kappa shape index (κ2) is 4.28. The molecule has 0 radical (unpaired) electrons. The Kier molecular flexibility index (Phi) is 3.29. The van der Waals surface area contributed by atoms with Crippen LogP contribution in [-0.4, -0.2) is 22.2 Å². The summed E-state index contributed by atoms with van der Waals surface area (Å²) in [6, 6.07) is 9.53. The van der Waals surface area contributed by atoms with Crippen molar-refractivity contribution in [2.45, 2.75) is 6.10 Å². The molecule has 60 valence electrons. The second-order valence-electron chi connectivity index (χ2n) is 2.38. The molecule has 1 unspecified atom stereocenters. The van der Waals surface area contributed by atoms with Crippen molar-refractivity contribution in [1.82, 2.24) is 0 Å². The monoisotopic (exact) mass is 168 g/mol. The zero-order valence-corrected chi connectivity index (χ0v) is 8.53. The van der Waals surface area contributed by atoms with E-state index in [1.807, 2.05) is 30.3 Å². The summed E-state index contributed by atoms with van der Waals surface area (Å²) in [6.07, 6.45) is -0.464. The fourth-order valence-electron chi connectivity index (χ4n) is 0.929. The first-order valence-corrected chi connectivity index (χ1v) is 4.38. The summed E-state index contributed by atoms with van der Waals surface area (Å²) in [5.74, 6) is 0. The fraction of sp³-hybridized carbons (Fsp3) is 0.250. The highest BCUT2D eigenvalue weighted by Gasteiger charge is 2.03. The number of hydrogen-bond donors (Lipinski definition) is 1. The van der Waals surface area contributed by atoms with Gasteiger partial charge in [-0.3, -0.25) is 0 Å². The van der Waals surface area contributed by atoms with Gasteiger partial charge in [-0.05, 0) is 5.56 Å². The fourth-order valence-corrected chi connectivity index (χ4v) is 1.25. The molecule has 0 aliphatic rings. The van der Waals surface area contributed by atoms with Gasteiger partial charge in [0.15, 0.2) is 0 Å². The molecular formula is C8H12O2Si. The first-order chi connectivity index (χ1) is 5.34. The highest BCUT2D eigenvalue weighted by Crippen LogP contribution is 2.10. The van der Waals surface area contributed by atoms with Crippen LogP contribution in [0.2, 0.25) is 0 Å². The van der Waals surface area contributed by atoms with Crippen LogP contribution in [0.3, 0.4) is 0 Å². The summed E-state index contributed by atoms with van der Waals surface area (Å²) in [7, 11) is 0.678. The summed E-state index contributed by atoms with van der Waals surface area (Å²) >= 11 is 0. The first kappa shape index (κ1) is 8.45. The van der Waals surface area contributed by atoms with E-state index < -0.39 is 6.10 Å². The molecule has 0 aromatic heterocycles. The molecule has 0 aliphatic carbocycles. The molecule has 1 rings (SSSR count). The maximum atomic E-state index is 9.42. The standard InChI is InChI=1S/C8H12O2Si/c9-8(6-10-11)7-4-2-1-3-5-7/h1-5,8-9H,6H2,11H3. The molecule has 11 heavy (non-hydrogen) atoms. The second-order valence-corrected chi connectivity index (χ2v) is 2.96. The molecule has 0 fully saturated rings. The van der Waals surface area contributed by atoms with Gasteiger partial charge < -0.3 is 9.53 Å². The summed E-state index contributed by atoms with van der Waals surface area (Å²) < 4.78 is 4.95. The van der Waals surface area contributed by atoms with Crippen LogP contribution < -0.4 is 0 Å². The molecule has 0 aliphatic heterocycles. The van der Waals surface area contributed by atoms with Gasteiger partial charge in [-0.2, -0.15) is 0 Å². The van der Waals surface area contributed by atoms with Crippen molar-refractivity contribution < 1.29 is 9.53 Å². The molecule has 1 aromatic rings. The smallest absolute Gasteiger partial charge is 0.146 e. The Labute approximate surface area is 69.4 Å². The molecule has 2 nitrogen and oxygen atoms in total. The zero-order valence-electron chi connectivity index (χ0n) is 6.53. The van der Waals surface area contributed by atoms with Gasteiger partial charge in [0.2, 0.25) is 0 Å². The minimum Gasteiger partial charge on any atom is -0.425 e. The highest BCUT2D eigenvalue weighted by molar-refractivity contribution is 5.97. The molecule has 0 amide bonds. The van der Waals surface area contributed by atoms with Gasteiger partial charge in [-0.1, -0.05) is 30.3 Å². The van der Waals surface area contributed by atoms with Crippen molar-refractivity contribution >= 4 is 10.5 Å². The van der Waals surface area contributed by atoms with Crippen molar-refractivity contribution in [2.24, 2.45) is 0 Å². The van der Waals surface area contributed by atoms with Crippen LogP contribution in [0, 0.1) is 0 Å². The number of hydrogen-bond acceptors (Lipinski definition) is 2. The van der Waals surface area contributed by atoms with E-state index in [9.17, 15) is 5.11 Å². The Bertz CT molecular complexity index is 201. The van der Waals surface area contributed by atoms with Crippen LogP contribution in [-0.2, 0) is 4.43 Å². The topological polar surface area (TPSA) is 29.5 Å². The minimum absolute atomic E-state index is 0.413. The average Bonchev–Trinajstić information content (AvgIpc) is 2.07. The van der Waals surface area contributed by atoms with Gasteiger partial charge in [0.05, 0.1) is 6.61 Å². The van der Waals surface area contributed by atoms with E-state index in [0.29, 0.717) is 17.1 Å². The lowest BCUT2D eigenvalue weighted by atomic mass is 10.1. The van der Waals surface area contributed by atoms with Gasteiger partial charge in [0, 0.05) is 0 Å². The Morgan fingerprint density at radius 3 is 2.55 bits per heavy atom. The van der Waals surface area contributed by atoms with Gasteiger partial charge in [-0.15, -0.1) is 0 Å². The van der Waals surface area contributed by atoms with Crippen LogP contribution >= 0.6 is 0 Å². The van der Waals surface area contributed by atoms with Crippen molar-refractivity contribution in [3.8, 4) is 0 Å². The molecule has 3 heteroatoms. The van der Waals surface area contributed by atoms with Crippen molar-refractivity contribution in [2.75, 3.05) is 6.61 Å². The zero-order chi connectivity index (χ0) is 8.10. The minimum atomic E-state index is -0.464. The maximum absolute atomic E-state index is 9.42. The van der Waals surface area contributed by atoms with Crippen LogP contribution in [0.5, 0.6) is 0 Å². The Balaban J connectivity index is 2.61. The van der Waals surface area contributed by atoms with E-state index in [2.05, 4.69) is 0 Å². The largest absolute Gasteiger partial charge is 0.425 e. The van der Waals surface area contributed by atoms with E-state index in [1.54, 1.807) is 0 Å². The quantitative estimate of drug-likeness (QED) is 0.645. The van der Waals surface area contributed by atoms with Crippen LogP contribution in [0.4, 0.5) is 0 Å². The normalized spacial score (nSPS) is 13.2. The van der Waals surface area contributed by atoms with Gasteiger partial charge >= 0.3 is 0 Å². The Morgan fingerprint density at radius 1 is 1.36 bits per heavy atom. The molecule has 1 N–H and O–H groups in total. The number of aliphatic hydroxyl groups excluding tert-OH is 1. The molecule has 1 atom stereocenters. The number of benzene rings is 1. The van der Waals surface area contributed by atoms with E-state index >= 15 is 0 Å². The maximum Gasteiger partial charge on any atom is 0.146 e. The summed E-state index contributed by atoms with van der Waals surface area (Å²) in [4.78, 5) is 0. The number of aliphatic hydroxyl groups is 1. The van der Waals surface area contributed by atoms with Crippen molar-refractivity contribution in [3.63, 3.8) is 0 Å². The molecule has 0 spiro atoms. The lowest BCUT2D eigenvalue weighted by Crippen LogP contribution is -2.04. The highest BCUT2D eigenvalue weighted by atomic mass is 28.2. The van der Waals surface area contributed by atoms with E-state index in [1.165, 1.54) is 0 Å². The van der Waals surface area contributed by atoms with E-state index in [-0.39, 0.29) is 0 Å². The third-order valence-corrected chi connectivity index (χ3v) is 1.84. The Morgan fingerprint density at radius 2 is 2.00 bits per heavy atom. The van der Waals surface area contributed by atoms with Gasteiger partial charge in [0.25, 0.3) is 0 Å². The van der Waals surface area contributed by atoms with Gasteiger partial charge in [0.1, 0.15) is 16.6 Å². The van der Waals surface area contributed by atoms with E-state index in [4.69, 9.17) is 4.43 Å². The molecule has 0 saturated carbocycles. The summed E-state index contributed by atoms with van der Waals surface area (Å²) in [5.41, 5.74) is 0.920. The molecule has 0 bridgehead atoms. The molecular weight excluding hydrogens is 156 g/mol. The summed E-state index contributed by atoms with van der Waals surface area (Å²) in [5, 5.41) is 9.42. The lowest BCUT2D eigenvalue weighted by Gasteiger charge is -2.08. The lowest BCUT2D eigenvalue weighted by molar-refractivity contribution is 0.113. The molecule has 0 saturated heterocycles. The van der Waals surface area contributed by atoms with Crippen LogP contribution in [0.15, 0.2) is 30.3 Å². The van der Waals surface area contributed by atoms with E-state index in [0.717, 1.165) is 5.56 Å². The predicted molar refractivity (Wildman–Crippen MR) is 47.3 cm³/mol. The van der Waals surface area contributed by atoms with Crippen LogP contribution in [0.1, 0.15) is 11.7 Å². The van der Waals surface area contributed by atoms with Crippen LogP contribution in [0.25, 0.3) is 0 Å². The molecule has 1 aromatic carbocycles. The first-order valence-electron chi connectivity index (χ1n) is 3.56. The third-order valence-electron chi connectivity index (χ3n) is 1.51. The van der Waals surface area contributed by atoms with Crippen molar-refractivity contribution in [1.29, 1.82) is 0 Å². The number of rotatable bonds is 3. The summed E-state index contributed by atoms with van der Waals surface area (Å²) in [6.45, 7) is 0.413. The average molecular weight is 168 g/mol. The van der Waals surface area contributed by atoms with Crippen molar-refractivity contribution in [3.05, 3.63) is 35.9 Å². The SMILES string of the molecule is OC(CO[SiH3])c1ccccc1. The molecule has 0 heterocycles.